The lowest BCUT2D eigenvalue weighted by atomic mass is 10.2. The minimum atomic E-state index is -0.193. The van der Waals surface area contributed by atoms with E-state index >= 15 is 0 Å². The number of carbonyl (C=O) groups excluding carboxylic acids is 2. The molecule has 0 spiro atoms. The second-order valence-corrected chi connectivity index (χ2v) is 5.23. The maximum atomic E-state index is 11.9. The molecule has 7 heteroatoms. The van der Waals surface area contributed by atoms with Crippen LogP contribution in [-0.4, -0.2) is 42.4 Å². The number of hydrogen-bond donors (Lipinski definition) is 2. The molecule has 0 saturated carbocycles. The number of carbonyl (C=O) groups is 2. The highest BCUT2D eigenvalue weighted by Gasteiger charge is 2.27. The topological polar surface area (TPSA) is 75.4 Å². The molecule has 1 aromatic heterocycles. The number of thiophene rings is 1. The van der Waals surface area contributed by atoms with Crippen LogP contribution in [0.1, 0.15) is 22.5 Å². The third-order valence-corrected chi connectivity index (χ3v) is 3.98. The van der Waals surface area contributed by atoms with Gasteiger partial charge in [0, 0.05) is 19.1 Å². The Morgan fingerprint density at radius 3 is 2.95 bits per heavy atom. The predicted octanol–water partition coefficient (Wildman–Crippen LogP) is 0.849. The van der Waals surface area contributed by atoms with Crippen molar-refractivity contribution < 1.29 is 9.59 Å². The van der Waals surface area contributed by atoms with Crippen molar-refractivity contribution in [2.24, 2.45) is 5.73 Å². The van der Waals surface area contributed by atoms with Crippen LogP contribution in [-0.2, 0) is 4.79 Å². The molecule has 1 aliphatic rings. The molecule has 1 aromatic rings. The Hall–Kier alpha value is -1.11. The molecule has 1 atom stereocenters. The first-order valence-electron chi connectivity index (χ1n) is 6.03. The van der Waals surface area contributed by atoms with Gasteiger partial charge in [-0.3, -0.25) is 9.59 Å². The van der Waals surface area contributed by atoms with Crippen LogP contribution in [0, 0.1) is 0 Å². The molecular weight excluding hydrogens is 286 g/mol. The van der Waals surface area contributed by atoms with E-state index in [9.17, 15) is 9.59 Å². The molecule has 0 radical (unpaired) electrons. The molecule has 2 heterocycles. The standard InChI is InChI=1S/C12H17N3O2S.ClH/c13-7-9-3-1-5-15(9)11(16)8-14-12(17)10-4-2-6-18-10;/h2,4,6,9H,1,3,5,7-8,13H2,(H,14,17);1H. The highest BCUT2D eigenvalue weighted by Crippen LogP contribution is 2.15. The van der Waals surface area contributed by atoms with Crippen molar-refractivity contribution in [1.29, 1.82) is 0 Å². The second-order valence-electron chi connectivity index (χ2n) is 4.28. The number of rotatable bonds is 4. The van der Waals surface area contributed by atoms with Gasteiger partial charge in [-0.2, -0.15) is 0 Å². The van der Waals surface area contributed by atoms with E-state index in [-0.39, 0.29) is 36.8 Å². The van der Waals surface area contributed by atoms with Gasteiger partial charge in [0.05, 0.1) is 11.4 Å². The van der Waals surface area contributed by atoms with Gasteiger partial charge in [-0.15, -0.1) is 23.7 Å². The molecule has 1 saturated heterocycles. The minimum Gasteiger partial charge on any atom is -0.342 e. The molecule has 2 rings (SSSR count). The summed E-state index contributed by atoms with van der Waals surface area (Å²) >= 11 is 1.36. The lowest BCUT2D eigenvalue weighted by Crippen LogP contribution is -2.45. The molecule has 0 bridgehead atoms. The van der Waals surface area contributed by atoms with Crippen molar-refractivity contribution in [2.45, 2.75) is 18.9 Å². The molecule has 5 nitrogen and oxygen atoms in total. The Bertz CT molecular complexity index is 425. The molecule has 2 amide bonds. The van der Waals surface area contributed by atoms with E-state index in [1.807, 2.05) is 11.4 Å². The van der Waals surface area contributed by atoms with Gasteiger partial charge in [-0.05, 0) is 24.3 Å². The molecular formula is C12H18ClN3O2S. The minimum absolute atomic E-state index is 0. The van der Waals surface area contributed by atoms with E-state index in [2.05, 4.69) is 5.32 Å². The molecule has 1 aliphatic heterocycles. The Balaban J connectivity index is 0.00000180. The number of hydrogen-bond acceptors (Lipinski definition) is 4. The summed E-state index contributed by atoms with van der Waals surface area (Å²) in [6.45, 7) is 1.29. The molecule has 3 N–H and O–H groups in total. The molecule has 19 heavy (non-hydrogen) atoms. The lowest BCUT2D eigenvalue weighted by molar-refractivity contribution is -0.130. The summed E-state index contributed by atoms with van der Waals surface area (Å²) in [7, 11) is 0. The van der Waals surface area contributed by atoms with Gasteiger partial charge in [0.1, 0.15) is 0 Å². The van der Waals surface area contributed by atoms with Crippen LogP contribution < -0.4 is 11.1 Å². The van der Waals surface area contributed by atoms with E-state index in [0.29, 0.717) is 11.4 Å². The number of nitrogens with one attached hydrogen (secondary N) is 1. The number of amides is 2. The molecule has 0 aromatic carbocycles. The van der Waals surface area contributed by atoms with Gasteiger partial charge in [0.25, 0.3) is 5.91 Å². The number of nitrogens with zero attached hydrogens (tertiary/aromatic N) is 1. The third kappa shape index (κ3) is 3.92. The summed E-state index contributed by atoms with van der Waals surface area (Å²) in [5.41, 5.74) is 5.62. The van der Waals surface area contributed by atoms with Gasteiger partial charge >= 0.3 is 0 Å². The number of likely N-dealkylation sites (tertiary alicyclic amines) is 1. The van der Waals surface area contributed by atoms with Crippen molar-refractivity contribution >= 4 is 35.6 Å². The smallest absolute Gasteiger partial charge is 0.261 e. The third-order valence-electron chi connectivity index (χ3n) is 3.11. The highest BCUT2D eigenvalue weighted by molar-refractivity contribution is 7.12. The Morgan fingerprint density at radius 2 is 2.32 bits per heavy atom. The highest BCUT2D eigenvalue weighted by atomic mass is 35.5. The van der Waals surface area contributed by atoms with Crippen molar-refractivity contribution in [2.75, 3.05) is 19.6 Å². The molecule has 1 fully saturated rings. The second kappa shape index (κ2) is 7.47. The average molecular weight is 304 g/mol. The summed E-state index contributed by atoms with van der Waals surface area (Å²) in [5.74, 6) is -0.241. The van der Waals surface area contributed by atoms with Gasteiger partial charge in [-0.1, -0.05) is 6.07 Å². The fourth-order valence-corrected chi connectivity index (χ4v) is 2.80. The average Bonchev–Trinajstić information content (AvgIpc) is 3.04. The van der Waals surface area contributed by atoms with Gasteiger partial charge in [-0.25, -0.2) is 0 Å². The lowest BCUT2D eigenvalue weighted by Gasteiger charge is -2.23. The SMILES string of the molecule is Cl.NCC1CCCN1C(=O)CNC(=O)c1cccs1. The first-order chi connectivity index (χ1) is 8.72. The van der Waals surface area contributed by atoms with Gasteiger partial charge in [0.2, 0.25) is 5.91 Å². The van der Waals surface area contributed by atoms with Crippen LogP contribution in [0.2, 0.25) is 0 Å². The van der Waals surface area contributed by atoms with E-state index in [0.717, 1.165) is 19.4 Å². The van der Waals surface area contributed by atoms with Crippen LogP contribution >= 0.6 is 23.7 Å². The quantitative estimate of drug-likeness (QED) is 0.866. The summed E-state index contributed by atoms with van der Waals surface area (Å²) in [5, 5.41) is 4.48. The van der Waals surface area contributed by atoms with Crippen LogP contribution in [0.15, 0.2) is 17.5 Å². The predicted molar refractivity (Wildman–Crippen MR) is 77.7 cm³/mol. The molecule has 106 valence electrons. The number of nitrogens with two attached hydrogens (primary N) is 1. The van der Waals surface area contributed by atoms with Crippen LogP contribution in [0.3, 0.4) is 0 Å². The molecule has 0 aliphatic carbocycles. The van der Waals surface area contributed by atoms with Crippen LogP contribution in [0.25, 0.3) is 0 Å². The zero-order chi connectivity index (χ0) is 13.0. The van der Waals surface area contributed by atoms with Crippen LogP contribution in [0.5, 0.6) is 0 Å². The van der Waals surface area contributed by atoms with Crippen molar-refractivity contribution in [3.05, 3.63) is 22.4 Å². The normalized spacial score (nSPS) is 17.9. The van der Waals surface area contributed by atoms with Crippen molar-refractivity contribution in [1.82, 2.24) is 10.2 Å². The van der Waals surface area contributed by atoms with E-state index in [4.69, 9.17) is 5.73 Å². The molecule has 1 unspecified atom stereocenters. The maximum absolute atomic E-state index is 11.9. The number of halogens is 1. The Labute approximate surface area is 122 Å². The summed E-state index contributed by atoms with van der Waals surface area (Å²) in [6.07, 6.45) is 1.95. The summed E-state index contributed by atoms with van der Waals surface area (Å²) < 4.78 is 0. The van der Waals surface area contributed by atoms with Gasteiger partial charge < -0.3 is 16.0 Å². The maximum Gasteiger partial charge on any atom is 0.261 e. The Morgan fingerprint density at radius 1 is 1.53 bits per heavy atom. The van der Waals surface area contributed by atoms with E-state index < -0.39 is 0 Å². The zero-order valence-corrected chi connectivity index (χ0v) is 12.1. The summed E-state index contributed by atoms with van der Waals surface area (Å²) in [4.78, 5) is 26.0. The van der Waals surface area contributed by atoms with E-state index in [1.54, 1.807) is 11.0 Å². The van der Waals surface area contributed by atoms with E-state index in [1.165, 1.54) is 11.3 Å². The Kier molecular flexibility index (Phi) is 6.27. The van der Waals surface area contributed by atoms with Gasteiger partial charge in [0.15, 0.2) is 0 Å². The largest absolute Gasteiger partial charge is 0.342 e. The summed E-state index contributed by atoms with van der Waals surface area (Å²) in [6, 6.07) is 3.69. The first kappa shape index (κ1) is 15.9. The van der Waals surface area contributed by atoms with Crippen molar-refractivity contribution in [3.63, 3.8) is 0 Å². The zero-order valence-electron chi connectivity index (χ0n) is 10.5. The fourth-order valence-electron chi connectivity index (χ4n) is 2.16. The van der Waals surface area contributed by atoms with Crippen LogP contribution in [0.4, 0.5) is 0 Å². The van der Waals surface area contributed by atoms with Crippen molar-refractivity contribution in [3.8, 4) is 0 Å². The first-order valence-corrected chi connectivity index (χ1v) is 6.91. The fraction of sp³-hybridized carbons (Fsp3) is 0.500. The monoisotopic (exact) mass is 303 g/mol.